The highest BCUT2D eigenvalue weighted by Crippen LogP contribution is 2.53. The normalized spacial score (nSPS) is 20.9. The molecule has 1 aliphatic carbocycles. The lowest BCUT2D eigenvalue weighted by Gasteiger charge is -2.27. The number of piperidine rings is 1. The summed E-state index contributed by atoms with van der Waals surface area (Å²) >= 11 is 0. The van der Waals surface area contributed by atoms with Crippen LogP contribution in [0, 0.1) is 11.8 Å². The van der Waals surface area contributed by atoms with Crippen LogP contribution in [0.25, 0.3) is 0 Å². The molecule has 4 atom stereocenters. The zero-order valence-electron chi connectivity index (χ0n) is 21.4. The van der Waals surface area contributed by atoms with Crippen LogP contribution in [0.1, 0.15) is 29.3 Å². The highest BCUT2D eigenvalue weighted by Gasteiger charge is 2.61. The number of hydrogen-bond acceptors (Lipinski definition) is 6. The molecular weight excluding hydrogens is 484 g/mol. The van der Waals surface area contributed by atoms with E-state index in [-0.39, 0.29) is 31.0 Å². The molecule has 5 rings (SSSR count). The summed E-state index contributed by atoms with van der Waals surface area (Å²) < 4.78 is 11.3. The molecule has 0 aromatic heterocycles. The molecule has 2 amide bonds. The minimum absolute atomic E-state index is 0.0260. The third kappa shape index (κ3) is 6.20. The highest BCUT2D eigenvalue weighted by molar-refractivity contribution is 5.97. The molecular formula is C30H32N2O6. The molecule has 2 N–H and O–H groups in total. The molecule has 0 spiro atoms. The minimum Gasteiger partial charge on any atom is -0.459 e. The number of fused-ring (bicyclic) bond motifs is 1. The Kier molecular flexibility index (Phi) is 8.76. The summed E-state index contributed by atoms with van der Waals surface area (Å²) in [4.78, 5) is 40.2. The molecule has 0 radical (unpaired) electrons. The Morgan fingerprint density at radius 1 is 0.895 bits per heavy atom. The van der Waals surface area contributed by atoms with Gasteiger partial charge in [0.25, 0.3) is 5.91 Å². The molecule has 3 aromatic rings. The van der Waals surface area contributed by atoms with Gasteiger partial charge in [-0.15, -0.1) is 0 Å². The van der Waals surface area contributed by atoms with E-state index in [0.717, 1.165) is 12.7 Å². The largest absolute Gasteiger partial charge is 0.459 e. The summed E-state index contributed by atoms with van der Waals surface area (Å²) in [7, 11) is 1.00. The van der Waals surface area contributed by atoms with E-state index in [2.05, 4.69) is 12.2 Å². The Morgan fingerprint density at radius 2 is 1.50 bits per heavy atom. The first-order chi connectivity index (χ1) is 18.5. The van der Waals surface area contributed by atoms with E-state index < -0.39 is 12.0 Å². The summed E-state index contributed by atoms with van der Waals surface area (Å²) in [5, 5.41) is 9.69. The molecule has 38 heavy (non-hydrogen) atoms. The first-order valence-corrected chi connectivity index (χ1v) is 12.6. The molecule has 1 heterocycles. The second-order valence-electron chi connectivity index (χ2n) is 9.28. The second kappa shape index (κ2) is 12.4. The maximum atomic E-state index is 13.1. The van der Waals surface area contributed by atoms with Crippen molar-refractivity contribution in [3.63, 3.8) is 0 Å². The Labute approximate surface area is 222 Å². The summed E-state index contributed by atoms with van der Waals surface area (Å²) in [6, 6.07) is 24.9. The van der Waals surface area contributed by atoms with Crippen molar-refractivity contribution in [3.8, 4) is 11.5 Å². The van der Waals surface area contributed by atoms with E-state index in [9.17, 15) is 14.4 Å². The molecule has 0 bridgehead atoms. The molecule has 8 nitrogen and oxygen atoms in total. The smallest absolute Gasteiger partial charge is 0.329 e. The van der Waals surface area contributed by atoms with Gasteiger partial charge in [-0.05, 0) is 60.2 Å². The van der Waals surface area contributed by atoms with Crippen molar-refractivity contribution in [2.24, 2.45) is 11.8 Å². The number of ether oxygens (including phenoxy) is 2. The van der Waals surface area contributed by atoms with Crippen LogP contribution in [0.2, 0.25) is 0 Å². The number of hydrogen-bond donors (Lipinski definition) is 2. The molecule has 8 heteroatoms. The third-order valence-corrected chi connectivity index (χ3v) is 6.94. The number of rotatable bonds is 8. The van der Waals surface area contributed by atoms with Gasteiger partial charge in [-0.1, -0.05) is 55.5 Å². The van der Waals surface area contributed by atoms with Crippen LogP contribution in [0.3, 0.4) is 0 Å². The number of carbonyl (C=O) groups excluding carboxylic acids is 3. The maximum absolute atomic E-state index is 13.1. The Balaban J connectivity index is 0.00000164. The molecule has 198 valence electrons. The number of likely N-dealkylation sites (tertiary alicyclic amines) is 1. The Hall–Kier alpha value is -4.17. The number of amides is 2. The molecule has 1 saturated heterocycles. The fourth-order valence-corrected chi connectivity index (χ4v) is 4.94. The molecule has 3 aromatic carbocycles. The third-order valence-electron chi connectivity index (χ3n) is 6.94. The SMILES string of the molecule is CC1C2CC(C(=O)OCc3ccccc3)N(C(=O)CNC(=O)c3ccc(Oc4ccccc4)cc3)C12.CO. The van der Waals surface area contributed by atoms with E-state index in [4.69, 9.17) is 14.6 Å². The zero-order valence-corrected chi connectivity index (χ0v) is 21.4. The van der Waals surface area contributed by atoms with Crippen molar-refractivity contribution in [1.29, 1.82) is 0 Å². The predicted octanol–water partition coefficient (Wildman–Crippen LogP) is 3.80. The Morgan fingerprint density at radius 3 is 2.16 bits per heavy atom. The molecule has 1 aliphatic heterocycles. The van der Waals surface area contributed by atoms with Gasteiger partial charge in [0, 0.05) is 18.7 Å². The topological polar surface area (TPSA) is 105 Å². The number of benzene rings is 3. The first kappa shape index (κ1) is 26.9. The van der Waals surface area contributed by atoms with E-state index in [1.165, 1.54) is 0 Å². The number of carbonyl (C=O) groups is 3. The van der Waals surface area contributed by atoms with Crippen LogP contribution in [0.4, 0.5) is 0 Å². The van der Waals surface area contributed by atoms with Gasteiger partial charge in [0.2, 0.25) is 5.91 Å². The summed E-state index contributed by atoms with van der Waals surface area (Å²) in [6.07, 6.45) is 0.599. The van der Waals surface area contributed by atoms with Crippen molar-refractivity contribution in [1.82, 2.24) is 10.2 Å². The summed E-state index contributed by atoms with van der Waals surface area (Å²) in [5.41, 5.74) is 1.31. The fraction of sp³-hybridized carbons (Fsp3) is 0.300. The van der Waals surface area contributed by atoms with Crippen molar-refractivity contribution in [3.05, 3.63) is 96.1 Å². The highest BCUT2D eigenvalue weighted by atomic mass is 16.5. The maximum Gasteiger partial charge on any atom is 0.329 e. The predicted molar refractivity (Wildman–Crippen MR) is 141 cm³/mol. The number of aliphatic hydroxyl groups is 1. The Bertz CT molecular complexity index is 1230. The summed E-state index contributed by atoms with van der Waals surface area (Å²) in [6.45, 7) is 2.07. The number of nitrogens with zero attached hydrogens (tertiary/aromatic N) is 1. The monoisotopic (exact) mass is 516 g/mol. The first-order valence-electron chi connectivity index (χ1n) is 12.6. The van der Waals surface area contributed by atoms with Gasteiger partial charge >= 0.3 is 5.97 Å². The number of esters is 1. The summed E-state index contributed by atoms with van der Waals surface area (Å²) in [5.74, 6) is 0.929. The van der Waals surface area contributed by atoms with Gasteiger partial charge < -0.3 is 24.8 Å². The van der Waals surface area contributed by atoms with E-state index in [1.807, 2.05) is 60.7 Å². The van der Waals surface area contributed by atoms with Crippen LogP contribution in [0.15, 0.2) is 84.9 Å². The van der Waals surface area contributed by atoms with Crippen LogP contribution in [0.5, 0.6) is 11.5 Å². The van der Waals surface area contributed by atoms with Gasteiger partial charge in [-0.25, -0.2) is 4.79 Å². The van der Waals surface area contributed by atoms with Crippen LogP contribution >= 0.6 is 0 Å². The lowest BCUT2D eigenvalue weighted by molar-refractivity contribution is -0.155. The molecule has 2 aliphatic rings. The standard InChI is InChI=1S/C29H28N2O5.CH4O/c1-19-24-16-25(29(34)35-18-20-8-4-2-5-9-20)31(27(19)24)26(32)17-30-28(33)21-12-14-23(15-13-21)36-22-10-6-3-7-11-22;1-2/h2-15,19,24-25,27H,16-18H2,1H3,(H,30,33);2H,1H3. The van der Waals surface area contributed by atoms with Gasteiger partial charge in [0.15, 0.2) is 0 Å². The van der Waals surface area contributed by atoms with Gasteiger partial charge in [-0.3, -0.25) is 9.59 Å². The minimum atomic E-state index is -0.612. The van der Waals surface area contributed by atoms with Crippen molar-refractivity contribution in [2.75, 3.05) is 13.7 Å². The van der Waals surface area contributed by atoms with Crippen molar-refractivity contribution >= 4 is 17.8 Å². The number of para-hydroxylation sites is 1. The lowest BCUT2D eigenvalue weighted by Crippen LogP contribution is -2.48. The molecule has 2 fully saturated rings. The molecule has 4 unspecified atom stereocenters. The van der Waals surface area contributed by atoms with E-state index in [1.54, 1.807) is 29.2 Å². The van der Waals surface area contributed by atoms with Crippen molar-refractivity contribution < 1.29 is 29.0 Å². The fourth-order valence-electron chi connectivity index (χ4n) is 4.94. The quantitative estimate of drug-likeness (QED) is 0.442. The zero-order chi connectivity index (χ0) is 27.1. The number of aliphatic hydroxyl groups excluding tert-OH is 1. The van der Waals surface area contributed by atoms with Crippen LogP contribution in [-0.2, 0) is 20.9 Å². The average molecular weight is 517 g/mol. The van der Waals surface area contributed by atoms with Gasteiger partial charge in [0.1, 0.15) is 24.1 Å². The molecule has 1 saturated carbocycles. The number of nitrogens with one attached hydrogen (secondary N) is 1. The van der Waals surface area contributed by atoms with Crippen LogP contribution < -0.4 is 10.1 Å². The van der Waals surface area contributed by atoms with E-state index >= 15 is 0 Å². The van der Waals surface area contributed by atoms with Crippen molar-refractivity contribution in [2.45, 2.75) is 32.0 Å². The van der Waals surface area contributed by atoms with E-state index in [0.29, 0.717) is 35.3 Å². The van der Waals surface area contributed by atoms with Crippen LogP contribution in [-0.4, -0.2) is 53.5 Å². The van der Waals surface area contributed by atoms with Gasteiger partial charge in [0.05, 0.1) is 6.54 Å². The lowest BCUT2D eigenvalue weighted by atomic mass is 10.1. The average Bonchev–Trinajstić information content (AvgIpc) is 3.39. The second-order valence-corrected chi connectivity index (χ2v) is 9.28. The van der Waals surface area contributed by atoms with Gasteiger partial charge in [-0.2, -0.15) is 0 Å².